The van der Waals surface area contributed by atoms with E-state index in [1.54, 1.807) is 0 Å². The fourth-order valence-electron chi connectivity index (χ4n) is 6.19. The first-order chi connectivity index (χ1) is 18.4. The highest BCUT2D eigenvalue weighted by Crippen LogP contribution is 2.40. The van der Waals surface area contributed by atoms with Gasteiger partial charge in [0.25, 0.3) is 0 Å². The molecule has 39 heavy (non-hydrogen) atoms. The number of hydrogen-bond acceptors (Lipinski definition) is 1. The molecule has 0 aliphatic rings. The third-order valence-corrected chi connectivity index (χ3v) is 9.72. The molecule has 0 unspecified atom stereocenters. The van der Waals surface area contributed by atoms with E-state index in [0.717, 1.165) is 0 Å². The lowest BCUT2D eigenvalue weighted by molar-refractivity contribution is 0.135. The van der Waals surface area contributed by atoms with Gasteiger partial charge < -0.3 is 5.73 Å². The Morgan fingerprint density at radius 3 is 0.692 bits per heavy atom. The molecule has 0 amide bonds. The highest BCUT2D eigenvalue weighted by Gasteiger charge is 2.36. The third-order valence-electron chi connectivity index (χ3n) is 9.72. The molecule has 0 rings (SSSR count). The van der Waals surface area contributed by atoms with E-state index in [-0.39, 0.29) is 17.9 Å². The van der Waals surface area contributed by atoms with Gasteiger partial charge in [-0.3, -0.25) is 0 Å². The van der Waals surface area contributed by atoms with Gasteiger partial charge in [0.15, 0.2) is 0 Å². The summed E-state index contributed by atoms with van der Waals surface area (Å²) in [5.41, 5.74) is 6.95. The minimum atomic E-state index is -0.0694. The molecule has 0 aromatic carbocycles. The van der Waals surface area contributed by atoms with Crippen molar-refractivity contribution in [2.24, 2.45) is 11.1 Å². The highest BCUT2D eigenvalue weighted by molar-refractivity contribution is 5.85. The lowest BCUT2D eigenvalue weighted by Gasteiger charge is -2.42. The molecule has 0 heterocycles. The molecular formula is C37H78ClN. The van der Waals surface area contributed by atoms with Gasteiger partial charge in [-0.1, -0.05) is 201 Å². The summed E-state index contributed by atoms with van der Waals surface area (Å²) >= 11 is 0. The standard InChI is InChI=1S/C37H77N.ClH/c1-6-8-10-12-14-16-18-20-22-24-26-28-30-32-34-37(5,36(3,4)38)35-33-31-29-27-25-23-21-19-17-15-13-11-9-7-2;/h6-35,38H2,1-5H3;1H. The molecule has 0 bridgehead atoms. The van der Waals surface area contributed by atoms with Crippen LogP contribution in [0.2, 0.25) is 0 Å². The van der Waals surface area contributed by atoms with Gasteiger partial charge in [-0.2, -0.15) is 0 Å². The van der Waals surface area contributed by atoms with Crippen LogP contribution in [0.25, 0.3) is 0 Å². The molecule has 1 nitrogen and oxygen atoms in total. The summed E-state index contributed by atoms with van der Waals surface area (Å²) in [7, 11) is 0. The predicted molar refractivity (Wildman–Crippen MR) is 183 cm³/mol. The van der Waals surface area contributed by atoms with Crippen LogP contribution in [0.5, 0.6) is 0 Å². The number of rotatable bonds is 31. The molecule has 0 radical (unpaired) electrons. The van der Waals surface area contributed by atoms with Crippen molar-refractivity contribution in [1.82, 2.24) is 0 Å². The average Bonchev–Trinajstić information content (AvgIpc) is 2.88. The molecule has 0 aliphatic carbocycles. The monoisotopic (exact) mass is 572 g/mol. The summed E-state index contributed by atoms with van der Waals surface area (Å²) in [5, 5.41) is 0. The Labute approximate surface area is 255 Å². The smallest absolute Gasteiger partial charge is 0.0151 e. The second kappa shape index (κ2) is 29.7. The molecule has 0 spiro atoms. The van der Waals surface area contributed by atoms with E-state index in [4.69, 9.17) is 5.73 Å². The van der Waals surface area contributed by atoms with Gasteiger partial charge in [-0.05, 0) is 32.1 Å². The predicted octanol–water partition coefficient (Wildman–Crippen LogP) is 13.9. The summed E-state index contributed by atoms with van der Waals surface area (Å²) in [5.74, 6) is 0. The molecule has 0 fully saturated rings. The number of halogens is 1. The zero-order valence-electron chi connectivity index (χ0n) is 28.2. The largest absolute Gasteiger partial charge is 0.325 e. The molecule has 0 saturated carbocycles. The van der Waals surface area contributed by atoms with Crippen LogP contribution in [0, 0.1) is 5.41 Å². The lowest BCUT2D eigenvalue weighted by atomic mass is 9.67. The average molecular weight is 572 g/mol. The van der Waals surface area contributed by atoms with Crippen molar-refractivity contribution in [3.63, 3.8) is 0 Å². The van der Waals surface area contributed by atoms with E-state index in [0.29, 0.717) is 5.41 Å². The van der Waals surface area contributed by atoms with Crippen molar-refractivity contribution < 1.29 is 0 Å². The summed E-state index contributed by atoms with van der Waals surface area (Å²) in [6.07, 6.45) is 42.9. The maximum Gasteiger partial charge on any atom is 0.0151 e. The number of hydrogen-bond donors (Lipinski definition) is 1. The van der Waals surface area contributed by atoms with Crippen molar-refractivity contribution in [2.45, 2.75) is 233 Å². The molecule has 0 aromatic heterocycles. The zero-order chi connectivity index (χ0) is 28.2. The molecule has 2 N–H and O–H groups in total. The first-order valence-electron chi connectivity index (χ1n) is 18.2. The number of unbranched alkanes of at least 4 members (excludes halogenated alkanes) is 26. The molecule has 0 saturated heterocycles. The Balaban J connectivity index is 0. The Hall–Kier alpha value is 0.250. The highest BCUT2D eigenvalue weighted by atomic mass is 35.5. The lowest BCUT2D eigenvalue weighted by Crippen LogP contribution is -2.49. The normalized spacial score (nSPS) is 12.2. The number of nitrogens with two attached hydrogens (primary N) is 1. The maximum absolute atomic E-state index is 6.72. The summed E-state index contributed by atoms with van der Waals surface area (Å²) in [6.45, 7) is 11.6. The molecule has 0 aliphatic heterocycles. The second-order valence-corrected chi connectivity index (χ2v) is 14.0. The van der Waals surface area contributed by atoms with Gasteiger partial charge in [-0.15, -0.1) is 12.4 Å². The fraction of sp³-hybridized carbons (Fsp3) is 1.00. The minimum absolute atomic E-state index is 0. The summed E-state index contributed by atoms with van der Waals surface area (Å²) in [4.78, 5) is 0. The van der Waals surface area contributed by atoms with Gasteiger partial charge in [-0.25, -0.2) is 0 Å². The van der Waals surface area contributed by atoms with Crippen LogP contribution in [-0.2, 0) is 0 Å². The van der Waals surface area contributed by atoms with Crippen LogP contribution >= 0.6 is 12.4 Å². The van der Waals surface area contributed by atoms with Crippen molar-refractivity contribution in [1.29, 1.82) is 0 Å². The van der Waals surface area contributed by atoms with E-state index in [2.05, 4.69) is 34.6 Å². The Bertz CT molecular complexity index is 423. The first kappa shape index (κ1) is 41.4. The Kier molecular flexibility index (Phi) is 31.6. The summed E-state index contributed by atoms with van der Waals surface area (Å²) < 4.78 is 0. The van der Waals surface area contributed by atoms with Crippen molar-refractivity contribution in [3.05, 3.63) is 0 Å². The topological polar surface area (TPSA) is 26.0 Å². The van der Waals surface area contributed by atoms with Crippen LogP contribution in [0.4, 0.5) is 0 Å². The quantitative estimate of drug-likeness (QED) is 0.0822. The Morgan fingerprint density at radius 2 is 0.513 bits per heavy atom. The van der Waals surface area contributed by atoms with E-state index in [1.807, 2.05) is 0 Å². The van der Waals surface area contributed by atoms with Crippen molar-refractivity contribution in [2.75, 3.05) is 0 Å². The molecule has 238 valence electrons. The second-order valence-electron chi connectivity index (χ2n) is 14.0. The van der Waals surface area contributed by atoms with Gasteiger partial charge in [0.2, 0.25) is 0 Å². The van der Waals surface area contributed by atoms with Crippen LogP contribution in [-0.4, -0.2) is 5.54 Å². The first-order valence-corrected chi connectivity index (χ1v) is 18.2. The van der Waals surface area contributed by atoms with Crippen molar-refractivity contribution in [3.8, 4) is 0 Å². The van der Waals surface area contributed by atoms with E-state index in [1.165, 1.54) is 193 Å². The molecule has 2 heteroatoms. The van der Waals surface area contributed by atoms with Gasteiger partial charge in [0.05, 0.1) is 0 Å². The molecular weight excluding hydrogens is 494 g/mol. The van der Waals surface area contributed by atoms with E-state index in [9.17, 15) is 0 Å². The molecule has 0 atom stereocenters. The van der Waals surface area contributed by atoms with Gasteiger partial charge >= 0.3 is 0 Å². The maximum atomic E-state index is 6.72. The SMILES string of the molecule is CCCCCCCCCCCCCCCCC(C)(CCCCCCCCCCCCCCCC)C(C)(C)N.Cl. The van der Waals surface area contributed by atoms with E-state index < -0.39 is 0 Å². The van der Waals surface area contributed by atoms with Gasteiger partial charge in [0, 0.05) is 5.54 Å². The Morgan fingerprint density at radius 1 is 0.333 bits per heavy atom. The summed E-state index contributed by atoms with van der Waals surface area (Å²) in [6, 6.07) is 0. The molecule has 0 aromatic rings. The van der Waals surface area contributed by atoms with Crippen LogP contribution < -0.4 is 5.73 Å². The van der Waals surface area contributed by atoms with Crippen molar-refractivity contribution >= 4 is 12.4 Å². The fourth-order valence-corrected chi connectivity index (χ4v) is 6.19. The van der Waals surface area contributed by atoms with E-state index >= 15 is 0 Å². The van der Waals surface area contributed by atoms with Crippen LogP contribution in [0.15, 0.2) is 0 Å². The zero-order valence-corrected chi connectivity index (χ0v) is 29.0. The van der Waals surface area contributed by atoms with Crippen LogP contribution in [0.1, 0.15) is 227 Å². The minimum Gasteiger partial charge on any atom is -0.325 e. The van der Waals surface area contributed by atoms with Gasteiger partial charge in [0.1, 0.15) is 0 Å². The third kappa shape index (κ3) is 26.9. The van der Waals surface area contributed by atoms with Crippen LogP contribution in [0.3, 0.4) is 0 Å².